The molecule has 0 spiro atoms. The van der Waals surface area contributed by atoms with Crippen molar-refractivity contribution in [2.75, 3.05) is 6.54 Å². The molecule has 25 heavy (non-hydrogen) atoms. The van der Waals surface area contributed by atoms with E-state index in [1.165, 1.54) is 23.6 Å². The number of nitrogens with one attached hydrogen (secondary N) is 1. The van der Waals surface area contributed by atoms with Crippen LogP contribution < -0.4 is 5.32 Å². The number of rotatable bonds is 6. The molecule has 0 aliphatic carbocycles. The molecule has 1 heterocycles. The first-order valence-corrected chi connectivity index (χ1v) is 8.84. The lowest BCUT2D eigenvalue weighted by Crippen LogP contribution is -2.40. The number of hydrogen-bond donors (Lipinski definition) is 2. The minimum Gasteiger partial charge on any atom is -0.480 e. The number of carbonyl (C=O) groups excluding carboxylic acids is 2. The van der Waals surface area contributed by atoms with Crippen LogP contribution in [0.1, 0.15) is 24.5 Å². The highest BCUT2D eigenvalue weighted by atomic mass is 32.2. The molecule has 2 N–H and O–H groups in total. The molecular formula is C17H18N2O4S2. The quantitative estimate of drug-likeness (QED) is 0.583. The van der Waals surface area contributed by atoms with Gasteiger partial charge in [0.1, 0.15) is 10.4 Å². The third-order valence-corrected chi connectivity index (χ3v) is 4.94. The zero-order chi connectivity index (χ0) is 18.6. The minimum absolute atomic E-state index is 0.0120. The second-order valence-corrected chi connectivity index (χ2v) is 7.30. The number of hydrogen-bond acceptors (Lipinski definition) is 5. The Morgan fingerprint density at radius 2 is 2.00 bits per heavy atom. The van der Waals surface area contributed by atoms with Crippen molar-refractivity contribution in [3.05, 3.63) is 40.3 Å². The summed E-state index contributed by atoms with van der Waals surface area (Å²) in [6.07, 6.45) is 1.76. The van der Waals surface area contributed by atoms with E-state index in [1.807, 2.05) is 31.2 Å². The summed E-state index contributed by atoms with van der Waals surface area (Å²) < 4.78 is 0.391. The Bertz CT molecular complexity index is 744. The minimum atomic E-state index is -1.11. The SMILES string of the molecule is Cc1ccc(C=C2SC(=S)N(CCC(=O)NC(C)C(=O)O)C2=O)cc1. The highest BCUT2D eigenvalue weighted by Gasteiger charge is 2.32. The van der Waals surface area contributed by atoms with E-state index in [0.717, 1.165) is 11.1 Å². The molecule has 2 rings (SSSR count). The molecule has 1 fully saturated rings. The number of thiocarbonyl (C=S) groups is 1. The summed E-state index contributed by atoms with van der Waals surface area (Å²) in [6, 6.07) is 6.78. The van der Waals surface area contributed by atoms with Crippen LogP contribution in [0.15, 0.2) is 29.2 Å². The van der Waals surface area contributed by atoms with Crippen LogP contribution >= 0.6 is 24.0 Å². The number of nitrogens with zero attached hydrogens (tertiary/aromatic N) is 1. The zero-order valence-electron chi connectivity index (χ0n) is 13.8. The summed E-state index contributed by atoms with van der Waals surface area (Å²) in [7, 11) is 0. The van der Waals surface area contributed by atoms with E-state index in [1.54, 1.807) is 6.08 Å². The standard InChI is InChI=1S/C17H18N2O4S2/c1-10-3-5-12(6-4-10)9-13-15(21)19(17(24)25-13)8-7-14(20)18-11(2)16(22)23/h3-6,9,11H,7-8H2,1-2H3,(H,18,20)(H,22,23). The van der Waals surface area contributed by atoms with Gasteiger partial charge in [0.25, 0.3) is 5.91 Å². The van der Waals surface area contributed by atoms with Crippen LogP contribution in [-0.2, 0) is 14.4 Å². The molecule has 0 bridgehead atoms. The summed E-state index contributed by atoms with van der Waals surface area (Å²) in [5, 5.41) is 11.1. The van der Waals surface area contributed by atoms with Gasteiger partial charge in [-0.2, -0.15) is 0 Å². The number of benzene rings is 1. The van der Waals surface area contributed by atoms with Crippen LogP contribution in [0, 0.1) is 6.92 Å². The maximum absolute atomic E-state index is 12.5. The Labute approximate surface area is 155 Å². The molecule has 2 amide bonds. The maximum atomic E-state index is 12.5. The second kappa shape index (κ2) is 8.26. The molecule has 0 aromatic heterocycles. The van der Waals surface area contributed by atoms with Gasteiger partial charge in [-0.15, -0.1) is 0 Å². The molecule has 1 aromatic carbocycles. The Morgan fingerprint density at radius 1 is 1.36 bits per heavy atom. The molecule has 8 heteroatoms. The van der Waals surface area contributed by atoms with Crippen molar-refractivity contribution in [2.24, 2.45) is 0 Å². The van der Waals surface area contributed by atoms with Crippen molar-refractivity contribution in [3.63, 3.8) is 0 Å². The van der Waals surface area contributed by atoms with Gasteiger partial charge in [0.2, 0.25) is 5.91 Å². The third kappa shape index (κ3) is 5.14. The number of aliphatic carboxylic acids is 1. The summed E-state index contributed by atoms with van der Waals surface area (Å²) in [5.74, 6) is -1.79. The number of carbonyl (C=O) groups is 3. The Hall–Kier alpha value is -2.19. The average Bonchev–Trinajstić information content (AvgIpc) is 2.81. The molecule has 1 saturated heterocycles. The smallest absolute Gasteiger partial charge is 0.325 e. The van der Waals surface area contributed by atoms with Crippen molar-refractivity contribution in [3.8, 4) is 0 Å². The van der Waals surface area contributed by atoms with Crippen molar-refractivity contribution in [1.29, 1.82) is 0 Å². The molecule has 1 unspecified atom stereocenters. The van der Waals surface area contributed by atoms with E-state index in [9.17, 15) is 14.4 Å². The molecule has 0 radical (unpaired) electrons. The first-order chi connectivity index (χ1) is 11.8. The summed E-state index contributed by atoms with van der Waals surface area (Å²) in [5.41, 5.74) is 2.03. The lowest BCUT2D eigenvalue weighted by molar-refractivity contribution is -0.141. The van der Waals surface area contributed by atoms with Gasteiger partial charge in [0.15, 0.2) is 0 Å². The normalized spacial score (nSPS) is 17.0. The highest BCUT2D eigenvalue weighted by Crippen LogP contribution is 2.32. The van der Waals surface area contributed by atoms with Crippen LogP contribution in [0.5, 0.6) is 0 Å². The number of carboxylic acids is 1. The van der Waals surface area contributed by atoms with Gasteiger partial charge in [-0.1, -0.05) is 53.8 Å². The fourth-order valence-corrected chi connectivity index (χ4v) is 3.40. The van der Waals surface area contributed by atoms with Crippen molar-refractivity contribution >= 4 is 52.2 Å². The Morgan fingerprint density at radius 3 is 2.60 bits per heavy atom. The predicted octanol–water partition coefficient (Wildman–Crippen LogP) is 2.18. The number of aryl methyl sites for hydroxylation is 1. The van der Waals surface area contributed by atoms with Gasteiger partial charge < -0.3 is 10.4 Å². The van der Waals surface area contributed by atoms with Crippen molar-refractivity contribution in [2.45, 2.75) is 26.3 Å². The number of thioether (sulfide) groups is 1. The van der Waals surface area contributed by atoms with Crippen LogP contribution in [-0.4, -0.2) is 44.7 Å². The Kier molecular flexibility index (Phi) is 6.33. The highest BCUT2D eigenvalue weighted by molar-refractivity contribution is 8.26. The number of amides is 2. The van der Waals surface area contributed by atoms with E-state index in [4.69, 9.17) is 17.3 Å². The number of carboxylic acid groups (broad SMARTS) is 1. The Balaban J connectivity index is 1.98. The van der Waals surface area contributed by atoms with Crippen LogP contribution in [0.2, 0.25) is 0 Å². The predicted molar refractivity (Wildman–Crippen MR) is 101 cm³/mol. The monoisotopic (exact) mass is 378 g/mol. The van der Waals surface area contributed by atoms with Crippen molar-refractivity contribution in [1.82, 2.24) is 10.2 Å². The van der Waals surface area contributed by atoms with Crippen LogP contribution in [0.4, 0.5) is 0 Å². The maximum Gasteiger partial charge on any atom is 0.325 e. The molecule has 1 aromatic rings. The molecule has 1 aliphatic heterocycles. The fraction of sp³-hybridized carbons (Fsp3) is 0.294. The largest absolute Gasteiger partial charge is 0.480 e. The zero-order valence-corrected chi connectivity index (χ0v) is 15.4. The molecular weight excluding hydrogens is 360 g/mol. The summed E-state index contributed by atoms with van der Waals surface area (Å²) >= 11 is 6.41. The molecule has 6 nitrogen and oxygen atoms in total. The summed E-state index contributed by atoms with van der Waals surface area (Å²) in [4.78, 5) is 36.8. The molecule has 1 aliphatic rings. The van der Waals surface area contributed by atoms with E-state index in [2.05, 4.69) is 5.32 Å². The van der Waals surface area contributed by atoms with E-state index >= 15 is 0 Å². The molecule has 1 atom stereocenters. The van der Waals surface area contributed by atoms with Crippen molar-refractivity contribution < 1.29 is 19.5 Å². The van der Waals surface area contributed by atoms with Gasteiger partial charge in [0, 0.05) is 13.0 Å². The van der Waals surface area contributed by atoms with Gasteiger partial charge in [0.05, 0.1) is 4.91 Å². The first-order valence-electron chi connectivity index (χ1n) is 7.62. The van der Waals surface area contributed by atoms with Crippen LogP contribution in [0.25, 0.3) is 6.08 Å². The topological polar surface area (TPSA) is 86.7 Å². The third-order valence-electron chi connectivity index (χ3n) is 3.56. The van der Waals surface area contributed by atoms with Crippen LogP contribution in [0.3, 0.4) is 0 Å². The van der Waals surface area contributed by atoms with E-state index < -0.39 is 17.9 Å². The lowest BCUT2D eigenvalue weighted by Gasteiger charge is -2.15. The van der Waals surface area contributed by atoms with Gasteiger partial charge in [-0.25, -0.2) is 0 Å². The van der Waals surface area contributed by atoms with Gasteiger partial charge in [-0.3, -0.25) is 19.3 Å². The fourth-order valence-electron chi connectivity index (χ4n) is 2.10. The molecule has 0 saturated carbocycles. The first kappa shape index (κ1) is 19.1. The van der Waals surface area contributed by atoms with Gasteiger partial charge >= 0.3 is 5.97 Å². The van der Waals surface area contributed by atoms with Gasteiger partial charge in [-0.05, 0) is 25.5 Å². The van der Waals surface area contributed by atoms with E-state index in [-0.39, 0.29) is 18.9 Å². The average molecular weight is 378 g/mol. The second-order valence-electron chi connectivity index (χ2n) is 5.62. The summed E-state index contributed by atoms with van der Waals surface area (Å²) in [6.45, 7) is 3.48. The van der Waals surface area contributed by atoms with E-state index in [0.29, 0.717) is 9.23 Å². The molecule has 132 valence electrons. The lowest BCUT2D eigenvalue weighted by atomic mass is 10.1.